The summed E-state index contributed by atoms with van der Waals surface area (Å²) in [5.74, 6) is 0.470. The average molecular weight is 453 g/mol. The van der Waals surface area contributed by atoms with E-state index < -0.39 is 8.07 Å². The van der Waals surface area contributed by atoms with E-state index in [0.717, 1.165) is 0 Å². The monoisotopic (exact) mass is 452 g/mol. The first-order valence-electron chi connectivity index (χ1n) is 12.2. The molecule has 0 atom stereocenters. The van der Waals surface area contributed by atoms with Crippen LogP contribution in [-0.2, 0) is 7.05 Å². The Labute approximate surface area is 201 Å². The lowest BCUT2D eigenvalue weighted by atomic mass is 9.87. The van der Waals surface area contributed by atoms with E-state index in [4.69, 9.17) is 0 Å². The van der Waals surface area contributed by atoms with E-state index in [2.05, 4.69) is 132 Å². The summed E-state index contributed by atoms with van der Waals surface area (Å²) < 4.78 is 2.30. The van der Waals surface area contributed by atoms with Crippen LogP contribution in [-0.4, -0.2) is 8.07 Å². The van der Waals surface area contributed by atoms with Crippen LogP contribution in [0.15, 0.2) is 72.9 Å². The first kappa shape index (κ1) is 23.4. The predicted octanol–water partition coefficient (Wildman–Crippen LogP) is 7.76. The molecule has 3 aromatic carbocycles. The van der Waals surface area contributed by atoms with Gasteiger partial charge >= 0.3 is 0 Å². The molecule has 0 saturated heterocycles. The highest BCUT2D eigenvalue weighted by atomic mass is 28.3. The Morgan fingerprint density at radius 1 is 0.788 bits per heavy atom. The molecule has 0 bridgehead atoms. The molecule has 1 nitrogen and oxygen atoms in total. The van der Waals surface area contributed by atoms with Crippen molar-refractivity contribution in [1.29, 1.82) is 0 Å². The van der Waals surface area contributed by atoms with Crippen LogP contribution in [0, 0.1) is 6.92 Å². The van der Waals surface area contributed by atoms with Crippen LogP contribution in [0.1, 0.15) is 44.7 Å². The van der Waals surface area contributed by atoms with E-state index in [1.54, 1.807) is 5.19 Å². The number of benzene rings is 3. The molecule has 0 radical (unpaired) electrons. The lowest BCUT2D eigenvalue weighted by Gasteiger charge is -2.27. The first-order chi connectivity index (χ1) is 15.6. The first-order valence-corrected chi connectivity index (χ1v) is 15.3. The van der Waals surface area contributed by atoms with Crippen LogP contribution in [0.25, 0.3) is 33.2 Å². The second-order valence-electron chi connectivity index (χ2n) is 10.7. The van der Waals surface area contributed by atoms with Gasteiger partial charge in [0.2, 0.25) is 5.69 Å². The molecule has 2 heteroatoms. The van der Waals surface area contributed by atoms with Gasteiger partial charge in [0.05, 0.1) is 19.0 Å². The molecule has 4 aromatic rings. The summed E-state index contributed by atoms with van der Waals surface area (Å²) in [5, 5.41) is 4.22. The predicted molar refractivity (Wildman–Crippen MR) is 147 cm³/mol. The average Bonchev–Trinajstić information content (AvgIpc) is 2.79. The third-order valence-corrected chi connectivity index (χ3v) is 12.4. The second-order valence-corrected chi connectivity index (χ2v) is 15.9. The number of rotatable bonds is 5. The molecular weight excluding hydrogens is 414 g/mol. The van der Waals surface area contributed by atoms with Gasteiger partial charge in [0.15, 0.2) is 6.20 Å². The van der Waals surface area contributed by atoms with Crippen molar-refractivity contribution in [2.75, 3.05) is 0 Å². The molecule has 0 amide bonds. The number of hydrogen-bond donors (Lipinski definition) is 0. The quantitative estimate of drug-likeness (QED) is 0.215. The van der Waals surface area contributed by atoms with E-state index in [1.807, 2.05) is 0 Å². The Balaban J connectivity index is 2.00. The summed E-state index contributed by atoms with van der Waals surface area (Å²) in [6.45, 7) is 16.6. The van der Waals surface area contributed by atoms with Crippen LogP contribution in [0.2, 0.25) is 18.6 Å². The molecule has 0 aliphatic rings. The number of hydrogen-bond acceptors (Lipinski definition) is 0. The van der Waals surface area contributed by atoms with Crippen molar-refractivity contribution >= 4 is 24.0 Å². The van der Waals surface area contributed by atoms with Crippen molar-refractivity contribution in [3.05, 3.63) is 84.1 Å². The Kier molecular flexibility index (Phi) is 6.33. The van der Waals surface area contributed by atoms with Crippen LogP contribution in [0.5, 0.6) is 0 Å². The lowest BCUT2D eigenvalue weighted by molar-refractivity contribution is -0.659. The maximum atomic E-state index is 2.49. The third kappa shape index (κ3) is 4.29. The van der Waals surface area contributed by atoms with Crippen LogP contribution >= 0.6 is 0 Å². The van der Waals surface area contributed by atoms with Gasteiger partial charge < -0.3 is 0 Å². The Hall–Kier alpha value is -2.71. The van der Waals surface area contributed by atoms with E-state index in [9.17, 15) is 0 Å². The van der Waals surface area contributed by atoms with Crippen molar-refractivity contribution in [2.45, 2.75) is 59.2 Å². The topological polar surface area (TPSA) is 3.88 Å². The molecule has 1 aromatic heterocycles. The molecule has 0 aliphatic heterocycles. The molecule has 0 spiro atoms. The second kappa shape index (κ2) is 8.91. The molecule has 0 N–H and O–H groups in total. The molecule has 1 heterocycles. The maximum absolute atomic E-state index is 2.49. The van der Waals surface area contributed by atoms with Gasteiger partial charge in [-0.05, 0) is 58.2 Å². The molecule has 33 heavy (non-hydrogen) atoms. The molecule has 0 aliphatic carbocycles. The van der Waals surface area contributed by atoms with E-state index >= 15 is 0 Å². The highest BCUT2D eigenvalue weighted by Crippen LogP contribution is 2.36. The zero-order chi connectivity index (χ0) is 23.9. The molecule has 0 saturated carbocycles. The summed E-state index contributed by atoms with van der Waals surface area (Å²) >= 11 is 0. The van der Waals surface area contributed by atoms with Gasteiger partial charge in [-0.1, -0.05) is 94.5 Å². The van der Waals surface area contributed by atoms with Gasteiger partial charge in [0.1, 0.15) is 7.05 Å². The summed E-state index contributed by atoms with van der Waals surface area (Å²) in [4.78, 5) is 0. The fourth-order valence-corrected chi connectivity index (χ4v) is 6.53. The van der Waals surface area contributed by atoms with Crippen LogP contribution in [0.3, 0.4) is 0 Å². The van der Waals surface area contributed by atoms with Crippen molar-refractivity contribution in [1.82, 2.24) is 0 Å². The van der Waals surface area contributed by atoms with Gasteiger partial charge in [-0.25, -0.2) is 4.57 Å². The minimum Gasteiger partial charge on any atom is -0.200 e. The standard InChI is InChI=1S/C31H38NSi/c1-21(2)29-19-26(24-12-10-9-11-13-24)20-30(23(29)5)31-28-15-14-27(33(7,8)22(3)4)18-25(28)16-17-32(31)6/h9-22H,1-8H3/q+1. The molecule has 0 fully saturated rings. The molecule has 170 valence electrons. The summed E-state index contributed by atoms with van der Waals surface area (Å²) in [6, 6.07) is 25.1. The number of fused-ring (bicyclic) bond motifs is 1. The molecular formula is C31H38NSi+. The SMILES string of the molecule is Cc1c(-c2c3ccc([Si](C)(C)C(C)C)cc3cc[n+]2C)cc(-c2ccccc2)cc1C(C)C. The van der Waals surface area contributed by atoms with Crippen LogP contribution in [0.4, 0.5) is 0 Å². The van der Waals surface area contributed by atoms with Gasteiger partial charge in [0.25, 0.3) is 0 Å². The van der Waals surface area contributed by atoms with Crippen LogP contribution < -0.4 is 9.75 Å². The third-order valence-electron chi connectivity index (χ3n) is 7.76. The van der Waals surface area contributed by atoms with E-state index in [0.29, 0.717) is 11.5 Å². The minimum atomic E-state index is -1.48. The highest BCUT2D eigenvalue weighted by Gasteiger charge is 2.28. The Morgan fingerprint density at radius 2 is 1.48 bits per heavy atom. The fourth-order valence-electron chi connectivity index (χ4n) is 4.82. The van der Waals surface area contributed by atoms with Crippen molar-refractivity contribution in [3.63, 3.8) is 0 Å². The van der Waals surface area contributed by atoms with Crippen molar-refractivity contribution in [3.8, 4) is 22.4 Å². The summed E-state index contributed by atoms with van der Waals surface area (Å²) in [7, 11) is 0.701. The number of nitrogens with zero attached hydrogens (tertiary/aromatic N) is 1. The smallest absolute Gasteiger partial charge is 0.200 e. The minimum absolute atomic E-state index is 0.470. The maximum Gasteiger partial charge on any atom is 0.220 e. The largest absolute Gasteiger partial charge is 0.220 e. The van der Waals surface area contributed by atoms with E-state index in [-0.39, 0.29) is 0 Å². The number of pyridine rings is 1. The lowest BCUT2D eigenvalue weighted by Crippen LogP contribution is -2.44. The zero-order valence-electron chi connectivity index (χ0n) is 21.5. The fraction of sp³-hybridized carbons (Fsp3) is 0.323. The van der Waals surface area contributed by atoms with Gasteiger partial charge in [-0.3, -0.25) is 0 Å². The van der Waals surface area contributed by atoms with Gasteiger partial charge in [-0.15, -0.1) is 0 Å². The molecule has 0 unspecified atom stereocenters. The number of aryl methyl sites for hydroxylation is 1. The zero-order valence-corrected chi connectivity index (χ0v) is 22.5. The molecule has 4 rings (SSSR count). The highest BCUT2D eigenvalue weighted by molar-refractivity contribution is 6.91. The van der Waals surface area contributed by atoms with Crippen molar-refractivity contribution < 1.29 is 4.57 Å². The summed E-state index contributed by atoms with van der Waals surface area (Å²) in [5.41, 5.74) is 8.73. The normalized spacial score (nSPS) is 12.2. The van der Waals surface area contributed by atoms with Crippen molar-refractivity contribution in [2.24, 2.45) is 7.05 Å². The van der Waals surface area contributed by atoms with E-state index in [1.165, 1.54) is 44.3 Å². The van der Waals surface area contributed by atoms with Gasteiger partial charge in [-0.2, -0.15) is 0 Å². The number of aromatic nitrogens is 1. The Bertz CT molecular complexity index is 1300. The van der Waals surface area contributed by atoms with Gasteiger partial charge in [0, 0.05) is 6.07 Å². The Morgan fingerprint density at radius 3 is 2.12 bits per heavy atom. The summed E-state index contributed by atoms with van der Waals surface area (Å²) in [6.07, 6.45) is 2.23.